The zero-order valence-corrected chi connectivity index (χ0v) is 13.5. The number of hydrogen-bond donors (Lipinski definition) is 1. The molecule has 8 heteroatoms. The normalized spacial score (nSPS) is 11.5. The van der Waals surface area contributed by atoms with Crippen LogP contribution in [0.5, 0.6) is 5.75 Å². The fourth-order valence-electron chi connectivity index (χ4n) is 1.86. The predicted octanol–water partition coefficient (Wildman–Crippen LogP) is 1.90. The SMILES string of the molecule is O=C(COc1cccc([N+](=O)[O-])c1)NCCS(=O)c1ccccc1. The van der Waals surface area contributed by atoms with Crippen LogP contribution in [-0.2, 0) is 15.6 Å². The number of rotatable bonds is 8. The predicted molar refractivity (Wildman–Crippen MR) is 89.3 cm³/mol. The van der Waals surface area contributed by atoms with Crippen LogP contribution in [0.15, 0.2) is 59.5 Å². The third-order valence-electron chi connectivity index (χ3n) is 3.01. The Labute approximate surface area is 141 Å². The molecule has 0 heterocycles. The summed E-state index contributed by atoms with van der Waals surface area (Å²) in [6.45, 7) is -0.0161. The van der Waals surface area contributed by atoms with Crippen LogP contribution in [-0.4, -0.2) is 33.9 Å². The van der Waals surface area contributed by atoms with Crippen molar-refractivity contribution >= 4 is 22.4 Å². The average molecular weight is 348 g/mol. The van der Waals surface area contributed by atoms with Crippen molar-refractivity contribution in [3.63, 3.8) is 0 Å². The molecule has 126 valence electrons. The van der Waals surface area contributed by atoms with Gasteiger partial charge in [0, 0.05) is 23.3 Å². The molecule has 2 aromatic rings. The van der Waals surface area contributed by atoms with Crippen molar-refractivity contribution in [1.29, 1.82) is 0 Å². The van der Waals surface area contributed by atoms with E-state index in [1.54, 1.807) is 24.3 Å². The Bertz CT molecular complexity index is 736. The van der Waals surface area contributed by atoms with E-state index in [2.05, 4.69) is 5.32 Å². The van der Waals surface area contributed by atoms with Gasteiger partial charge in [-0.2, -0.15) is 0 Å². The first-order valence-corrected chi connectivity index (χ1v) is 8.45. The molecule has 1 atom stereocenters. The van der Waals surface area contributed by atoms with E-state index in [9.17, 15) is 19.1 Å². The van der Waals surface area contributed by atoms with Crippen LogP contribution in [0.25, 0.3) is 0 Å². The van der Waals surface area contributed by atoms with Crippen molar-refractivity contribution < 1.29 is 18.7 Å². The number of nitrogens with zero attached hydrogens (tertiary/aromatic N) is 1. The third-order valence-corrected chi connectivity index (χ3v) is 4.39. The molecule has 2 aromatic carbocycles. The third kappa shape index (κ3) is 5.47. The van der Waals surface area contributed by atoms with E-state index in [-0.39, 0.29) is 30.5 Å². The molecule has 1 amide bonds. The fraction of sp³-hybridized carbons (Fsp3) is 0.188. The Hall–Kier alpha value is -2.74. The summed E-state index contributed by atoms with van der Waals surface area (Å²) in [6, 6.07) is 14.6. The van der Waals surface area contributed by atoms with E-state index >= 15 is 0 Å². The van der Waals surface area contributed by atoms with Crippen molar-refractivity contribution in [2.24, 2.45) is 0 Å². The second-order valence-electron chi connectivity index (χ2n) is 4.76. The maximum atomic E-state index is 12.0. The lowest BCUT2D eigenvalue weighted by atomic mass is 10.3. The first kappa shape index (κ1) is 17.6. The molecule has 0 fully saturated rings. The Morgan fingerprint density at radius 3 is 2.62 bits per heavy atom. The minimum atomic E-state index is -1.18. The molecule has 0 saturated heterocycles. The van der Waals surface area contributed by atoms with Gasteiger partial charge < -0.3 is 10.1 Å². The maximum Gasteiger partial charge on any atom is 0.273 e. The van der Waals surface area contributed by atoms with E-state index in [0.717, 1.165) is 0 Å². The maximum absolute atomic E-state index is 12.0. The van der Waals surface area contributed by atoms with E-state index in [4.69, 9.17) is 4.74 Å². The first-order valence-electron chi connectivity index (χ1n) is 7.13. The minimum absolute atomic E-state index is 0.105. The molecule has 7 nitrogen and oxygen atoms in total. The number of carbonyl (C=O) groups is 1. The molecular weight excluding hydrogens is 332 g/mol. The van der Waals surface area contributed by atoms with Gasteiger partial charge in [0.05, 0.1) is 21.8 Å². The van der Waals surface area contributed by atoms with Gasteiger partial charge in [-0.3, -0.25) is 19.1 Å². The topological polar surface area (TPSA) is 98.5 Å². The number of amides is 1. The summed E-state index contributed by atoms with van der Waals surface area (Å²) in [5.74, 6) is 0.158. The van der Waals surface area contributed by atoms with Gasteiger partial charge in [0.1, 0.15) is 5.75 Å². The van der Waals surface area contributed by atoms with E-state index < -0.39 is 15.7 Å². The average Bonchev–Trinajstić information content (AvgIpc) is 2.61. The number of hydrogen-bond acceptors (Lipinski definition) is 5. The van der Waals surface area contributed by atoms with Gasteiger partial charge in [0.25, 0.3) is 11.6 Å². The smallest absolute Gasteiger partial charge is 0.273 e. The van der Waals surface area contributed by atoms with Crippen molar-refractivity contribution in [1.82, 2.24) is 5.32 Å². The zero-order valence-electron chi connectivity index (χ0n) is 12.7. The Morgan fingerprint density at radius 1 is 1.17 bits per heavy atom. The number of ether oxygens (including phenoxy) is 1. The quantitative estimate of drug-likeness (QED) is 0.580. The van der Waals surface area contributed by atoms with Crippen LogP contribution in [0.1, 0.15) is 0 Å². The van der Waals surface area contributed by atoms with Crippen LogP contribution in [0.4, 0.5) is 5.69 Å². The summed E-state index contributed by atoms with van der Waals surface area (Å²) in [5, 5.41) is 13.3. The summed E-state index contributed by atoms with van der Waals surface area (Å²) >= 11 is 0. The zero-order chi connectivity index (χ0) is 17.4. The highest BCUT2D eigenvalue weighted by molar-refractivity contribution is 7.85. The number of non-ortho nitro benzene ring substituents is 1. The molecule has 24 heavy (non-hydrogen) atoms. The lowest BCUT2D eigenvalue weighted by molar-refractivity contribution is -0.384. The molecule has 2 rings (SSSR count). The van der Waals surface area contributed by atoms with Crippen molar-refractivity contribution in [2.45, 2.75) is 4.90 Å². The summed E-state index contributed by atoms with van der Waals surface area (Å²) in [7, 11) is -1.18. The molecule has 1 N–H and O–H groups in total. The molecule has 0 aliphatic heterocycles. The molecule has 0 spiro atoms. The molecular formula is C16H16N2O5S. The molecule has 1 unspecified atom stereocenters. The van der Waals surface area contributed by atoms with Gasteiger partial charge in [0.2, 0.25) is 0 Å². The standard InChI is InChI=1S/C16H16N2O5S/c19-16(12-23-14-6-4-5-13(11-14)18(20)21)17-9-10-24(22)15-7-2-1-3-8-15/h1-8,11H,9-10,12H2,(H,17,19). The van der Waals surface area contributed by atoms with Crippen molar-refractivity contribution in [3.05, 3.63) is 64.7 Å². The first-order chi connectivity index (χ1) is 11.6. The molecule has 0 aromatic heterocycles. The highest BCUT2D eigenvalue weighted by Crippen LogP contribution is 2.18. The molecule has 0 aliphatic rings. The number of nitro benzene ring substituents is 1. The van der Waals surface area contributed by atoms with Crippen molar-refractivity contribution in [3.8, 4) is 5.75 Å². The summed E-state index contributed by atoms with van der Waals surface area (Å²) in [6.07, 6.45) is 0. The van der Waals surface area contributed by atoms with E-state index in [0.29, 0.717) is 10.6 Å². The molecule has 0 radical (unpaired) electrons. The summed E-state index contributed by atoms with van der Waals surface area (Å²) < 4.78 is 17.2. The largest absolute Gasteiger partial charge is 0.484 e. The highest BCUT2D eigenvalue weighted by Gasteiger charge is 2.09. The lowest BCUT2D eigenvalue weighted by Crippen LogP contribution is -2.32. The van der Waals surface area contributed by atoms with Gasteiger partial charge in [0.15, 0.2) is 6.61 Å². The number of nitrogens with one attached hydrogen (secondary N) is 1. The van der Waals surface area contributed by atoms with Crippen LogP contribution in [0, 0.1) is 10.1 Å². The van der Waals surface area contributed by atoms with Crippen LogP contribution >= 0.6 is 0 Å². The fourth-order valence-corrected chi connectivity index (χ4v) is 2.84. The van der Waals surface area contributed by atoms with Crippen molar-refractivity contribution in [2.75, 3.05) is 18.9 Å². The second-order valence-corrected chi connectivity index (χ2v) is 6.33. The van der Waals surface area contributed by atoms with Crippen LogP contribution < -0.4 is 10.1 Å². The second kappa shape index (κ2) is 8.78. The van der Waals surface area contributed by atoms with Gasteiger partial charge in [-0.15, -0.1) is 0 Å². The van der Waals surface area contributed by atoms with Gasteiger partial charge in [-0.05, 0) is 18.2 Å². The van der Waals surface area contributed by atoms with Crippen LogP contribution in [0.2, 0.25) is 0 Å². The molecule has 0 bridgehead atoms. The Kier molecular flexibility index (Phi) is 6.44. The summed E-state index contributed by atoms with van der Waals surface area (Å²) in [5.41, 5.74) is -0.105. The highest BCUT2D eigenvalue weighted by atomic mass is 32.2. The Morgan fingerprint density at radius 2 is 1.92 bits per heavy atom. The van der Waals surface area contributed by atoms with Gasteiger partial charge >= 0.3 is 0 Å². The molecule has 0 saturated carbocycles. The van der Waals surface area contributed by atoms with E-state index in [1.807, 2.05) is 6.07 Å². The van der Waals surface area contributed by atoms with Gasteiger partial charge in [-0.25, -0.2) is 0 Å². The number of nitro groups is 1. The Balaban J connectivity index is 1.73. The number of carbonyl (C=O) groups excluding carboxylic acids is 1. The van der Waals surface area contributed by atoms with Gasteiger partial charge in [-0.1, -0.05) is 24.3 Å². The van der Waals surface area contributed by atoms with E-state index in [1.165, 1.54) is 24.3 Å². The van der Waals surface area contributed by atoms with Crippen LogP contribution in [0.3, 0.4) is 0 Å². The minimum Gasteiger partial charge on any atom is -0.484 e. The number of benzene rings is 2. The summed E-state index contributed by atoms with van der Waals surface area (Å²) in [4.78, 5) is 22.5. The molecule has 0 aliphatic carbocycles. The monoisotopic (exact) mass is 348 g/mol. The lowest BCUT2D eigenvalue weighted by Gasteiger charge is -2.07.